The number of aliphatic carboxylic acids is 1. The first-order chi connectivity index (χ1) is 30.1. The molecule has 0 fully saturated rings. The van der Waals surface area contributed by atoms with Crippen LogP contribution in [0.1, 0.15) is 232 Å². The van der Waals surface area contributed by atoms with Crippen molar-refractivity contribution in [2.45, 2.75) is 244 Å². The molecule has 0 saturated carbocycles. The van der Waals surface area contributed by atoms with Gasteiger partial charge in [-0.2, -0.15) is 0 Å². The van der Waals surface area contributed by atoms with E-state index in [-0.39, 0.29) is 12.8 Å². The Morgan fingerprint density at radius 2 is 0.887 bits per heavy atom. The number of aliphatic hydroxyl groups is 1. The maximum Gasteiger partial charge on any atom is 0.472 e. The number of amides is 1. The van der Waals surface area contributed by atoms with Crippen molar-refractivity contribution in [3.63, 3.8) is 0 Å². The molecule has 62 heavy (non-hydrogen) atoms. The van der Waals surface area contributed by atoms with Crippen LogP contribution in [0.3, 0.4) is 0 Å². The summed E-state index contributed by atoms with van der Waals surface area (Å²) in [6, 6.07) is -1.55. The molecule has 11 nitrogen and oxygen atoms in total. The van der Waals surface area contributed by atoms with Gasteiger partial charge < -0.3 is 25.2 Å². The van der Waals surface area contributed by atoms with Crippen molar-refractivity contribution < 1.29 is 47.8 Å². The lowest BCUT2D eigenvalue weighted by molar-refractivity contribution is -0.147. The zero-order chi connectivity index (χ0) is 45.6. The molecular weight excluding hydrogens is 806 g/mol. The van der Waals surface area contributed by atoms with Crippen molar-refractivity contribution in [3.05, 3.63) is 36.5 Å². The largest absolute Gasteiger partial charge is 0.480 e. The Hall–Kier alpha value is -2.30. The summed E-state index contributed by atoms with van der Waals surface area (Å²) < 4.78 is 26.9. The van der Waals surface area contributed by atoms with E-state index in [1.54, 1.807) is 0 Å². The van der Waals surface area contributed by atoms with Crippen molar-refractivity contribution in [2.75, 3.05) is 19.8 Å². The SMILES string of the molecule is CCCCC/C=C\C/C=C\C/C=C\CCCCCCCCCCCCC(=O)NC(COP(=O)(O)OCC(O)COC(=O)CCCCCCCCCCCCCCCCC)C(=O)O. The minimum Gasteiger partial charge on any atom is -0.480 e. The first-order valence-corrected chi connectivity index (χ1v) is 26.5. The zero-order valence-corrected chi connectivity index (χ0v) is 40.3. The average Bonchev–Trinajstić information content (AvgIpc) is 3.25. The summed E-state index contributed by atoms with van der Waals surface area (Å²) in [5.41, 5.74) is 0. The topological polar surface area (TPSA) is 169 Å². The van der Waals surface area contributed by atoms with Crippen LogP contribution >= 0.6 is 7.82 Å². The van der Waals surface area contributed by atoms with Gasteiger partial charge in [0.05, 0.1) is 13.2 Å². The molecule has 4 N–H and O–H groups in total. The number of aliphatic hydroxyl groups excluding tert-OH is 1. The minimum absolute atomic E-state index is 0.142. The molecule has 0 aromatic carbocycles. The Balaban J connectivity index is 3.84. The van der Waals surface area contributed by atoms with Crippen LogP contribution in [0.5, 0.6) is 0 Å². The third-order valence-electron chi connectivity index (χ3n) is 10.9. The van der Waals surface area contributed by atoms with Crippen LogP contribution in [0, 0.1) is 0 Å². The third-order valence-corrected chi connectivity index (χ3v) is 11.9. The first-order valence-electron chi connectivity index (χ1n) is 25.0. The number of carboxylic acid groups (broad SMARTS) is 1. The monoisotopic (exact) mass is 898 g/mol. The molecule has 0 bridgehead atoms. The van der Waals surface area contributed by atoms with Gasteiger partial charge in [0, 0.05) is 12.8 Å². The Bertz CT molecular complexity index is 1190. The number of carboxylic acids is 1. The van der Waals surface area contributed by atoms with E-state index in [1.807, 2.05) is 0 Å². The summed E-state index contributed by atoms with van der Waals surface area (Å²) in [6.07, 6.45) is 50.2. The zero-order valence-electron chi connectivity index (χ0n) is 39.4. The van der Waals surface area contributed by atoms with Crippen LogP contribution < -0.4 is 5.32 Å². The molecule has 0 aliphatic heterocycles. The Kier molecular flexibility index (Phi) is 43.6. The van der Waals surface area contributed by atoms with Crippen molar-refractivity contribution in [1.29, 1.82) is 0 Å². The number of hydrogen-bond acceptors (Lipinski definition) is 8. The number of phosphoric acid groups is 1. The maximum atomic E-state index is 12.4. The predicted molar refractivity (Wildman–Crippen MR) is 254 cm³/mol. The van der Waals surface area contributed by atoms with Crippen LogP contribution in [-0.2, 0) is 32.7 Å². The van der Waals surface area contributed by atoms with E-state index >= 15 is 0 Å². The fraction of sp³-hybridized carbons (Fsp3) is 0.820. The van der Waals surface area contributed by atoms with E-state index in [1.165, 1.54) is 128 Å². The van der Waals surface area contributed by atoms with Gasteiger partial charge in [-0.05, 0) is 51.4 Å². The number of ether oxygens (including phenoxy) is 1. The summed E-state index contributed by atoms with van der Waals surface area (Å²) in [7, 11) is -4.76. The van der Waals surface area contributed by atoms with E-state index in [9.17, 15) is 34.1 Å². The van der Waals surface area contributed by atoms with Crippen LogP contribution in [0.4, 0.5) is 0 Å². The van der Waals surface area contributed by atoms with Gasteiger partial charge in [-0.1, -0.05) is 204 Å². The van der Waals surface area contributed by atoms with Gasteiger partial charge in [-0.3, -0.25) is 18.6 Å². The van der Waals surface area contributed by atoms with E-state index < -0.39 is 57.6 Å². The van der Waals surface area contributed by atoms with E-state index in [2.05, 4.69) is 55.6 Å². The quantitative estimate of drug-likeness (QED) is 0.0200. The van der Waals surface area contributed by atoms with Gasteiger partial charge >= 0.3 is 19.8 Å². The molecule has 0 saturated heterocycles. The number of carbonyl (C=O) groups excluding carboxylic acids is 2. The fourth-order valence-corrected chi connectivity index (χ4v) is 7.80. The van der Waals surface area contributed by atoms with Crippen molar-refractivity contribution in [3.8, 4) is 0 Å². The number of unbranched alkanes of at least 4 members (excludes halogenated alkanes) is 27. The van der Waals surface area contributed by atoms with Gasteiger partial charge in [0.15, 0.2) is 6.04 Å². The lowest BCUT2D eigenvalue weighted by Crippen LogP contribution is -2.43. The smallest absolute Gasteiger partial charge is 0.472 e. The highest BCUT2D eigenvalue weighted by Gasteiger charge is 2.28. The minimum atomic E-state index is -4.76. The second-order valence-electron chi connectivity index (χ2n) is 17.0. The summed E-state index contributed by atoms with van der Waals surface area (Å²) >= 11 is 0. The maximum absolute atomic E-state index is 12.4. The Labute approximate surface area is 378 Å². The number of carbonyl (C=O) groups is 3. The van der Waals surface area contributed by atoms with Crippen LogP contribution in [-0.4, -0.2) is 64.9 Å². The first kappa shape index (κ1) is 59.7. The second kappa shape index (κ2) is 45.3. The second-order valence-corrected chi connectivity index (χ2v) is 18.5. The number of allylic oxidation sites excluding steroid dienone is 6. The van der Waals surface area contributed by atoms with Crippen molar-refractivity contribution >= 4 is 25.7 Å². The Morgan fingerprint density at radius 1 is 0.516 bits per heavy atom. The van der Waals surface area contributed by atoms with Gasteiger partial charge in [0.25, 0.3) is 0 Å². The van der Waals surface area contributed by atoms with E-state index in [0.717, 1.165) is 64.2 Å². The van der Waals surface area contributed by atoms with Crippen molar-refractivity contribution in [1.82, 2.24) is 5.32 Å². The van der Waals surface area contributed by atoms with Gasteiger partial charge in [0.2, 0.25) is 5.91 Å². The van der Waals surface area contributed by atoms with E-state index in [4.69, 9.17) is 13.8 Å². The van der Waals surface area contributed by atoms with Gasteiger partial charge in [0.1, 0.15) is 12.7 Å². The lowest BCUT2D eigenvalue weighted by atomic mass is 10.0. The number of nitrogens with one attached hydrogen (secondary N) is 1. The molecule has 12 heteroatoms. The summed E-state index contributed by atoms with van der Waals surface area (Å²) in [4.78, 5) is 46.1. The average molecular weight is 898 g/mol. The number of hydrogen-bond donors (Lipinski definition) is 4. The fourth-order valence-electron chi connectivity index (χ4n) is 7.03. The third kappa shape index (κ3) is 44.3. The molecule has 0 rings (SSSR count). The summed E-state index contributed by atoms with van der Waals surface area (Å²) in [5, 5.41) is 21.9. The molecule has 3 atom stereocenters. The number of esters is 1. The van der Waals surface area contributed by atoms with Gasteiger partial charge in [-0.25, -0.2) is 9.36 Å². The highest BCUT2D eigenvalue weighted by molar-refractivity contribution is 7.47. The number of phosphoric ester groups is 1. The lowest BCUT2D eigenvalue weighted by Gasteiger charge is -2.18. The van der Waals surface area contributed by atoms with E-state index in [0.29, 0.717) is 12.8 Å². The molecule has 0 spiro atoms. The Morgan fingerprint density at radius 3 is 1.35 bits per heavy atom. The molecule has 0 aliphatic carbocycles. The molecule has 362 valence electrons. The van der Waals surface area contributed by atoms with Crippen molar-refractivity contribution in [2.24, 2.45) is 0 Å². The molecule has 0 radical (unpaired) electrons. The molecule has 0 heterocycles. The molecule has 0 aromatic rings. The number of rotatable bonds is 47. The van der Waals surface area contributed by atoms with Crippen LogP contribution in [0.25, 0.3) is 0 Å². The molecule has 1 amide bonds. The predicted octanol–water partition coefficient (Wildman–Crippen LogP) is 13.6. The van der Waals surface area contributed by atoms with Crippen LogP contribution in [0.15, 0.2) is 36.5 Å². The summed E-state index contributed by atoms with van der Waals surface area (Å²) in [5.74, 6) is -2.37. The molecular formula is C50H92NO10P. The highest BCUT2D eigenvalue weighted by Crippen LogP contribution is 2.43. The molecule has 3 unspecified atom stereocenters. The normalized spacial score (nSPS) is 13.9. The molecule has 0 aromatic heterocycles. The van der Waals surface area contributed by atoms with Crippen LogP contribution in [0.2, 0.25) is 0 Å². The highest BCUT2D eigenvalue weighted by atomic mass is 31.2. The standard InChI is InChI=1S/C50H92NO10P/c1-3-5-7-9-11-13-15-17-19-20-21-22-23-24-25-26-28-29-31-33-35-37-39-41-48(53)51-47(50(55)56)45-61-62(57,58)60-44-46(52)43-59-49(54)42-40-38-36-34-32-30-27-18-16-14-12-10-8-6-4-2/h11,13,17,19,21-22,46-47,52H,3-10,12,14-16,18,20,23-45H2,1-2H3,(H,51,53)(H,55,56)(H,57,58)/b13-11-,19-17-,22-21-. The molecule has 0 aliphatic rings. The summed E-state index contributed by atoms with van der Waals surface area (Å²) in [6.45, 7) is 2.59. The van der Waals surface area contributed by atoms with Gasteiger partial charge in [-0.15, -0.1) is 0 Å².